The van der Waals surface area contributed by atoms with Crippen LogP contribution in [-0.4, -0.2) is 11.9 Å². The minimum absolute atomic E-state index is 0.0823. The molecule has 2 aromatic rings. The van der Waals surface area contributed by atoms with Crippen LogP contribution in [0.25, 0.3) is 0 Å². The monoisotopic (exact) mass is 385 g/mol. The number of carbonyl (C=O) groups is 2. The minimum atomic E-state index is -0.671. The number of rotatable bonds is 6. The first-order valence-electron chi connectivity index (χ1n) is 7.20. The van der Waals surface area contributed by atoms with Crippen LogP contribution in [-0.2, 0) is 4.79 Å². The standard InChI is InChI=1S/C16H17Cl2N3O2S/c1-9(11-5-4-10(17)7-12(11)18)20-15(22)8-13(21-16(19)23)14-3-2-6-24-14/h2-7,9,13H,8H2,1H3,(H,20,22)(H3,19,21,23)/t9-,13-/m1/s1. The molecule has 0 aliphatic carbocycles. The van der Waals surface area contributed by atoms with Crippen LogP contribution in [0.1, 0.15) is 35.9 Å². The Morgan fingerprint density at radius 2 is 2.00 bits per heavy atom. The lowest BCUT2D eigenvalue weighted by molar-refractivity contribution is -0.122. The van der Waals surface area contributed by atoms with Gasteiger partial charge >= 0.3 is 6.03 Å². The molecule has 0 bridgehead atoms. The van der Waals surface area contributed by atoms with Crippen molar-refractivity contribution in [3.05, 3.63) is 56.2 Å². The first-order valence-corrected chi connectivity index (χ1v) is 8.84. The molecule has 2 atom stereocenters. The van der Waals surface area contributed by atoms with Crippen LogP contribution < -0.4 is 16.4 Å². The smallest absolute Gasteiger partial charge is 0.312 e. The average molecular weight is 386 g/mol. The van der Waals surface area contributed by atoms with Gasteiger partial charge in [-0.05, 0) is 36.1 Å². The van der Waals surface area contributed by atoms with E-state index in [0.29, 0.717) is 10.0 Å². The third kappa shape index (κ3) is 5.12. The molecule has 128 valence electrons. The molecule has 24 heavy (non-hydrogen) atoms. The van der Waals surface area contributed by atoms with Crippen molar-refractivity contribution in [1.29, 1.82) is 0 Å². The number of amides is 3. The number of carbonyl (C=O) groups excluding carboxylic acids is 2. The average Bonchev–Trinajstić information content (AvgIpc) is 2.99. The summed E-state index contributed by atoms with van der Waals surface area (Å²) >= 11 is 13.5. The lowest BCUT2D eigenvalue weighted by atomic mass is 10.1. The number of hydrogen-bond acceptors (Lipinski definition) is 3. The molecule has 0 saturated carbocycles. The number of nitrogens with two attached hydrogens (primary N) is 1. The quantitative estimate of drug-likeness (QED) is 0.700. The highest BCUT2D eigenvalue weighted by Crippen LogP contribution is 2.27. The molecular weight excluding hydrogens is 369 g/mol. The summed E-state index contributed by atoms with van der Waals surface area (Å²) in [5.41, 5.74) is 5.96. The highest BCUT2D eigenvalue weighted by Gasteiger charge is 2.20. The van der Waals surface area contributed by atoms with Crippen LogP contribution >= 0.6 is 34.5 Å². The van der Waals surface area contributed by atoms with Crippen molar-refractivity contribution >= 4 is 46.5 Å². The van der Waals surface area contributed by atoms with E-state index in [-0.39, 0.29) is 18.4 Å². The number of urea groups is 1. The van der Waals surface area contributed by atoms with Crippen molar-refractivity contribution < 1.29 is 9.59 Å². The molecule has 1 aromatic heterocycles. The predicted octanol–water partition coefficient (Wildman–Crippen LogP) is 4.03. The van der Waals surface area contributed by atoms with E-state index in [1.807, 2.05) is 24.4 Å². The molecule has 1 heterocycles. The van der Waals surface area contributed by atoms with Gasteiger partial charge in [0, 0.05) is 14.9 Å². The zero-order chi connectivity index (χ0) is 17.7. The second-order valence-corrected chi connectivity index (χ2v) is 7.06. The van der Waals surface area contributed by atoms with Gasteiger partial charge in [-0.1, -0.05) is 35.3 Å². The lowest BCUT2D eigenvalue weighted by Gasteiger charge is -2.19. The highest BCUT2D eigenvalue weighted by atomic mass is 35.5. The van der Waals surface area contributed by atoms with Gasteiger partial charge < -0.3 is 16.4 Å². The second kappa shape index (κ2) is 8.37. The lowest BCUT2D eigenvalue weighted by Crippen LogP contribution is -2.36. The van der Waals surface area contributed by atoms with Crippen molar-refractivity contribution in [2.75, 3.05) is 0 Å². The van der Waals surface area contributed by atoms with Crippen LogP contribution in [0.2, 0.25) is 10.0 Å². The normalized spacial score (nSPS) is 13.1. The van der Waals surface area contributed by atoms with Gasteiger partial charge in [-0.15, -0.1) is 11.3 Å². The molecule has 0 radical (unpaired) electrons. The summed E-state index contributed by atoms with van der Waals surface area (Å²) in [6, 6.07) is 7.39. The van der Waals surface area contributed by atoms with Gasteiger partial charge in [-0.3, -0.25) is 4.79 Å². The summed E-state index contributed by atoms with van der Waals surface area (Å²) in [4.78, 5) is 24.3. The molecule has 3 amide bonds. The van der Waals surface area contributed by atoms with Gasteiger partial charge in [0.05, 0.1) is 18.5 Å². The maximum atomic E-state index is 12.3. The van der Waals surface area contributed by atoms with Crippen molar-refractivity contribution in [3.63, 3.8) is 0 Å². The number of benzene rings is 1. The number of thiophene rings is 1. The van der Waals surface area contributed by atoms with Crippen molar-refractivity contribution in [2.45, 2.75) is 25.4 Å². The fourth-order valence-electron chi connectivity index (χ4n) is 2.30. The van der Waals surface area contributed by atoms with Crippen molar-refractivity contribution in [3.8, 4) is 0 Å². The van der Waals surface area contributed by atoms with Gasteiger partial charge in [0.15, 0.2) is 0 Å². The molecule has 0 fully saturated rings. The van der Waals surface area contributed by atoms with E-state index in [4.69, 9.17) is 28.9 Å². The Morgan fingerprint density at radius 1 is 1.25 bits per heavy atom. The minimum Gasteiger partial charge on any atom is -0.352 e. The number of halogens is 2. The van der Waals surface area contributed by atoms with Crippen LogP contribution in [0.4, 0.5) is 4.79 Å². The predicted molar refractivity (Wildman–Crippen MR) is 97.4 cm³/mol. The summed E-state index contributed by atoms with van der Waals surface area (Å²) in [7, 11) is 0. The first kappa shape index (κ1) is 18.6. The Morgan fingerprint density at radius 3 is 2.58 bits per heavy atom. The van der Waals surface area contributed by atoms with Crippen LogP contribution in [0, 0.1) is 0 Å². The van der Waals surface area contributed by atoms with E-state index >= 15 is 0 Å². The number of hydrogen-bond donors (Lipinski definition) is 3. The van der Waals surface area contributed by atoms with Crippen LogP contribution in [0.3, 0.4) is 0 Å². The first-order chi connectivity index (χ1) is 11.4. The molecule has 0 spiro atoms. The molecule has 0 saturated heterocycles. The zero-order valence-corrected chi connectivity index (χ0v) is 15.2. The number of primary amides is 1. The molecule has 2 rings (SSSR count). The summed E-state index contributed by atoms with van der Waals surface area (Å²) in [5.74, 6) is -0.222. The van der Waals surface area contributed by atoms with Gasteiger partial charge in [-0.25, -0.2) is 4.79 Å². The second-order valence-electron chi connectivity index (χ2n) is 5.24. The maximum Gasteiger partial charge on any atom is 0.312 e. The summed E-state index contributed by atoms with van der Waals surface area (Å²) in [6.07, 6.45) is 0.0823. The van der Waals surface area contributed by atoms with E-state index < -0.39 is 12.1 Å². The summed E-state index contributed by atoms with van der Waals surface area (Å²) in [6.45, 7) is 1.83. The third-order valence-corrected chi connectivity index (χ3v) is 4.95. The van der Waals surface area contributed by atoms with Gasteiger partial charge in [0.1, 0.15) is 0 Å². The van der Waals surface area contributed by atoms with E-state index in [1.165, 1.54) is 11.3 Å². The van der Waals surface area contributed by atoms with Gasteiger partial charge in [-0.2, -0.15) is 0 Å². The molecule has 4 N–H and O–H groups in total. The topological polar surface area (TPSA) is 84.2 Å². The molecule has 0 aliphatic rings. The van der Waals surface area contributed by atoms with E-state index in [2.05, 4.69) is 10.6 Å². The molecule has 0 aliphatic heterocycles. The van der Waals surface area contributed by atoms with Gasteiger partial charge in [0.2, 0.25) is 5.91 Å². The largest absolute Gasteiger partial charge is 0.352 e. The molecule has 1 aromatic carbocycles. The number of nitrogens with one attached hydrogen (secondary N) is 2. The molecular formula is C16H17Cl2N3O2S. The Hall–Kier alpha value is -1.76. The Bertz CT molecular complexity index is 722. The van der Waals surface area contributed by atoms with Crippen molar-refractivity contribution in [2.24, 2.45) is 5.73 Å². The SMILES string of the molecule is C[C@@H](NC(=O)C[C@@H](NC(N)=O)c1cccs1)c1ccc(Cl)cc1Cl. The maximum absolute atomic E-state index is 12.3. The van der Waals surface area contributed by atoms with Crippen LogP contribution in [0.5, 0.6) is 0 Å². The van der Waals surface area contributed by atoms with E-state index in [1.54, 1.807) is 18.2 Å². The van der Waals surface area contributed by atoms with Gasteiger partial charge in [0.25, 0.3) is 0 Å². The summed E-state index contributed by atoms with van der Waals surface area (Å²) < 4.78 is 0. The molecule has 8 heteroatoms. The van der Waals surface area contributed by atoms with E-state index in [0.717, 1.165) is 10.4 Å². The zero-order valence-electron chi connectivity index (χ0n) is 12.9. The Balaban J connectivity index is 2.03. The fraction of sp³-hybridized carbons (Fsp3) is 0.250. The summed E-state index contributed by atoms with van der Waals surface area (Å²) in [5, 5.41) is 8.35. The molecule has 0 unspecified atom stereocenters. The third-order valence-electron chi connectivity index (χ3n) is 3.40. The fourth-order valence-corrected chi connectivity index (χ4v) is 3.65. The highest BCUT2D eigenvalue weighted by molar-refractivity contribution is 7.10. The Kier molecular flexibility index (Phi) is 6.48. The van der Waals surface area contributed by atoms with Crippen molar-refractivity contribution in [1.82, 2.24) is 10.6 Å². The molecule has 5 nitrogen and oxygen atoms in total. The van der Waals surface area contributed by atoms with Crippen LogP contribution in [0.15, 0.2) is 35.7 Å². The Labute approximate surface area is 154 Å². The van der Waals surface area contributed by atoms with E-state index in [9.17, 15) is 9.59 Å².